The lowest BCUT2D eigenvalue weighted by molar-refractivity contribution is -0.0154. The number of nitrogens with zero attached hydrogens (tertiary/aromatic N) is 1. The average Bonchev–Trinajstić information content (AvgIpc) is 2.62. The Labute approximate surface area is 100 Å². The molecule has 1 aromatic heterocycles. The smallest absolute Gasteiger partial charge is 0.144 e. The van der Waals surface area contributed by atoms with Gasteiger partial charge in [0.2, 0.25) is 0 Å². The Balaban J connectivity index is 1.94. The number of pyridine rings is 1. The van der Waals surface area contributed by atoms with Gasteiger partial charge in [0, 0.05) is 12.1 Å². The Morgan fingerprint density at radius 2 is 2.00 bits per heavy atom. The van der Waals surface area contributed by atoms with Gasteiger partial charge in [0.1, 0.15) is 11.4 Å². The second kappa shape index (κ2) is 3.75. The molecule has 2 N–H and O–H groups in total. The lowest BCUT2D eigenvalue weighted by atomic mass is 9.84. The number of fused-ring (bicyclic) bond motifs is 2. The maximum atomic E-state index is 13.2. The molecule has 2 atom stereocenters. The standard InChI is InChI=1S/C13H17FN2O/c1-8-11(14)4-5-12(15-8)13(17)6-9-2-3-10(7-13)16-9/h4-5,9-10,16-17H,2-3,6-7H2,1H3. The van der Waals surface area contributed by atoms with Crippen molar-refractivity contribution < 1.29 is 9.50 Å². The van der Waals surface area contributed by atoms with E-state index in [-0.39, 0.29) is 5.82 Å². The summed E-state index contributed by atoms with van der Waals surface area (Å²) in [6.45, 7) is 1.64. The van der Waals surface area contributed by atoms with Crippen molar-refractivity contribution in [3.63, 3.8) is 0 Å². The Hall–Kier alpha value is -1.00. The summed E-state index contributed by atoms with van der Waals surface area (Å²) >= 11 is 0. The van der Waals surface area contributed by atoms with Gasteiger partial charge in [0.25, 0.3) is 0 Å². The van der Waals surface area contributed by atoms with Gasteiger partial charge in [-0.05, 0) is 44.7 Å². The Morgan fingerprint density at radius 1 is 1.35 bits per heavy atom. The zero-order valence-electron chi connectivity index (χ0n) is 9.91. The summed E-state index contributed by atoms with van der Waals surface area (Å²) in [5.74, 6) is -0.311. The molecule has 0 amide bonds. The third kappa shape index (κ3) is 1.85. The minimum Gasteiger partial charge on any atom is -0.383 e. The van der Waals surface area contributed by atoms with Crippen molar-refractivity contribution in [2.75, 3.05) is 0 Å². The molecule has 2 aliphatic heterocycles. The van der Waals surface area contributed by atoms with Crippen LogP contribution in [0.4, 0.5) is 4.39 Å². The van der Waals surface area contributed by atoms with Gasteiger partial charge in [-0.3, -0.25) is 4.98 Å². The summed E-state index contributed by atoms with van der Waals surface area (Å²) in [6, 6.07) is 3.78. The number of piperidine rings is 1. The third-order valence-electron chi connectivity index (χ3n) is 4.00. The molecule has 2 fully saturated rings. The van der Waals surface area contributed by atoms with Crippen LogP contribution >= 0.6 is 0 Å². The largest absolute Gasteiger partial charge is 0.383 e. The first-order chi connectivity index (χ1) is 8.07. The van der Waals surface area contributed by atoms with Crippen LogP contribution in [0.5, 0.6) is 0 Å². The van der Waals surface area contributed by atoms with Gasteiger partial charge in [-0.15, -0.1) is 0 Å². The molecule has 3 rings (SSSR count). The molecular weight excluding hydrogens is 219 g/mol. The number of aryl methyl sites for hydroxylation is 1. The molecule has 17 heavy (non-hydrogen) atoms. The maximum absolute atomic E-state index is 13.2. The molecule has 2 aliphatic rings. The Kier molecular flexibility index (Phi) is 2.45. The molecule has 1 aromatic rings. The molecule has 2 saturated heterocycles. The summed E-state index contributed by atoms with van der Waals surface area (Å²) in [5, 5.41) is 14.2. The summed E-state index contributed by atoms with van der Waals surface area (Å²) in [4.78, 5) is 4.21. The minimum absolute atomic E-state index is 0.311. The van der Waals surface area contributed by atoms with Crippen molar-refractivity contribution in [1.29, 1.82) is 0 Å². The lowest BCUT2D eigenvalue weighted by Gasteiger charge is -2.36. The van der Waals surface area contributed by atoms with Crippen LogP contribution < -0.4 is 5.32 Å². The fourth-order valence-corrected chi connectivity index (χ4v) is 3.14. The van der Waals surface area contributed by atoms with Crippen LogP contribution in [0.1, 0.15) is 37.1 Å². The van der Waals surface area contributed by atoms with Crippen molar-refractivity contribution in [3.8, 4) is 0 Å². The monoisotopic (exact) mass is 236 g/mol. The zero-order chi connectivity index (χ0) is 12.0. The molecule has 0 spiro atoms. The first kappa shape index (κ1) is 11.1. The average molecular weight is 236 g/mol. The van der Waals surface area contributed by atoms with E-state index in [0.29, 0.717) is 36.3 Å². The van der Waals surface area contributed by atoms with Crippen LogP contribution in [-0.2, 0) is 5.60 Å². The topological polar surface area (TPSA) is 45.2 Å². The quantitative estimate of drug-likeness (QED) is 0.779. The molecular formula is C13H17FN2O. The van der Waals surface area contributed by atoms with E-state index in [2.05, 4.69) is 10.3 Å². The fourth-order valence-electron chi connectivity index (χ4n) is 3.14. The van der Waals surface area contributed by atoms with Crippen LogP contribution in [0.2, 0.25) is 0 Å². The van der Waals surface area contributed by atoms with Gasteiger partial charge in [-0.1, -0.05) is 0 Å². The van der Waals surface area contributed by atoms with Gasteiger partial charge in [0.15, 0.2) is 0 Å². The molecule has 3 heterocycles. The maximum Gasteiger partial charge on any atom is 0.144 e. The number of hydrogen-bond acceptors (Lipinski definition) is 3. The van der Waals surface area contributed by atoms with Crippen LogP contribution in [0.15, 0.2) is 12.1 Å². The van der Waals surface area contributed by atoms with E-state index in [1.807, 2.05) is 0 Å². The highest BCUT2D eigenvalue weighted by Crippen LogP contribution is 2.39. The van der Waals surface area contributed by atoms with Crippen molar-refractivity contribution in [2.24, 2.45) is 0 Å². The summed E-state index contributed by atoms with van der Waals surface area (Å²) in [5.41, 5.74) is 0.104. The molecule has 2 unspecified atom stereocenters. The SMILES string of the molecule is Cc1nc(C2(O)CC3CCC(C2)N3)ccc1F. The Bertz CT molecular complexity index is 437. The van der Waals surface area contributed by atoms with Crippen molar-refractivity contribution in [2.45, 2.75) is 50.3 Å². The van der Waals surface area contributed by atoms with Crippen LogP contribution in [0, 0.1) is 12.7 Å². The highest BCUT2D eigenvalue weighted by atomic mass is 19.1. The van der Waals surface area contributed by atoms with Gasteiger partial charge in [-0.2, -0.15) is 0 Å². The predicted octanol–water partition coefficient (Wildman–Crippen LogP) is 1.63. The number of rotatable bonds is 1. The third-order valence-corrected chi connectivity index (χ3v) is 4.00. The fraction of sp³-hybridized carbons (Fsp3) is 0.615. The number of aromatic nitrogens is 1. The van der Waals surface area contributed by atoms with E-state index in [4.69, 9.17) is 0 Å². The van der Waals surface area contributed by atoms with Crippen LogP contribution in [0.3, 0.4) is 0 Å². The summed E-state index contributed by atoms with van der Waals surface area (Å²) < 4.78 is 13.2. The summed E-state index contributed by atoms with van der Waals surface area (Å²) in [6.07, 6.45) is 3.60. The molecule has 0 saturated carbocycles. The number of hydrogen-bond donors (Lipinski definition) is 2. The minimum atomic E-state index is -0.879. The molecule has 0 radical (unpaired) electrons. The van der Waals surface area contributed by atoms with E-state index < -0.39 is 5.60 Å². The van der Waals surface area contributed by atoms with Crippen molar-refractivity contribution in [3.05, 3.63) is 29.3 Å². The Morgan fingerprint density at radius 3 is 2.59 bits per heavy atom. The van der Waals surface area contributed by atoms with Gasteiger partial charge in [0.05, 0.1) is 11.4 Å². The number of aliphatic hydroxyl groups is 1. The van der Waals surface area contributed by atoms with Gasteiger partial charge >= 0.3 is 0 Å². The predicted molar refractivity (Wildman–Crippen MR) is 62.0 cm³/mol. The number of nitrogens with one attached hydrogen (secondary N) is 1. The van der Waals surface area contributed by atoms with Crippen LogP contribution in [-0.4, -0.2) is 22.2 Å². The van der Waals surface area contributed by atoms with Crippen molar-refractivity contribution in [1.82, 2.24) is 10.3 Å². The van der Waals surface area contributed by atoms with E-state index in [9.17, 15) is 9.50 Å². The number of halogens is 1. The molecule has 0 aromatic carbocycles. The molecule has 0 aliphatic carbocycles. The normalized spacial score (nSPS) is 36.2. The van der Waals surface area contributed by atoms with E-state index >= 15 is 0 Å². The molecule has 92 valence electrons. The lowest BCUT2D eigenvalue weighted by Crippen LogP contribution is -2.47. The van der Waals surface area contributed by atoms with E-state index in [1.54, 1.807) is 13.0 Å². The molecule has 3 nitrogen and oxygen atoms in total. The van der Waals surface area contributed by atoms with Crippen LogP contribution in [0.25, 0.3) is 0 Å². The van der Waals surface area contributed by atoms with E-state index in [0.717, 1.165) is 12.8 Å². The zero-order valence-corrected chi connectivity index (χ0v) is 9.91. The highest BCUT2D eigenvalue weighted by molar-refractivity contribution is 5.20. The summed E-state index contributed by atoms with van der Waals surface area (Å²) in [7, 11) is 0. The van der Waals surface area contributed by atoms with Crippen molar-refractivity contribution >= 4 is 0 Å². The van der Waals surface area contributed by atoms with E-state index in [1.165, 1.54) is 6.07 Å². The van der Waals surface area contributed by atoms with Gasteiger partial charge in [-0.25, -0.2) is 4.39 Å². The molecule has 2 bridgehead atoms. The second-order valence-corrected chi connectivity index (χ2v) is 5.34. The highest BCUT2D eigenvalue weighted by Gasteiger charge is 2.44. The van der Waals surface area contributed by atoms with Gasteiger partial charge < -0.3 is 10.4 Å². The molecule has 4 heteroatoms. The second-order valence-electron chi connectivity index (χ2n) is 5.34. The first-order valence-corrected chi connectivity index (χ1v) is 6.19. The first-order valence-electron chi connectivity index (χ1n) is 6.19.